The van der Waals surface area contributed by atoms with Crippen molar-refractivity contribution in [1.82, 2.24) is 15.1 Å². The minimum Gasteiger partial charge on any atom is -0.450 e. The molecule has 2 aliphatic rings. The lowest BCUT2D eigenvalue weighted by Crippen LogP contribution is -2.54. The Labute approximate surface area is 126 Å². The van der Waals surface area contributed by atoms with Gasteiger partial charge in [0.1, 0.15) is 0 Å². The number of amides is 3. The fourth-order valence-electron chi connectivity index (χ4n) is 3.00. The fraction of sp³-hybridized carbons (Fsp3) is 0.867. The molecule has 0 aromatic heterocycles. The zero-order valence-corrected chi connectivity index (χ0v) is 13.0. The molecule has 6 nitrogen and oxygen atoms in total. The van der Waals surface area contributed by atoms with E-state index in [4.69, 9.17) is 4.74 Å². The monoisotopic (exact) mass is 297 g/mol. The molecule has 1 heterocycles. The zero-order chi connectivity index (χ0) is 15.1. The van der Waals surface area contributed by atoms with Gasteiger partial charge < -0.3 is 19.9 Å². The second-order valence-corrected chi connectivity index (χ2v) is 5.81. The number of nitrogens with zero attached hydrogens (tertiary/aromatic N) is 2. The quantitative estimate of drug-likeness (QED) is 0.795. The first-order valence-electron chi connectivity index (χ1n) is 8.18. The van der Waals surface area contributed by atoms with E-state index in [1.807, 2.05) is 0 Å². The summed E-state index contributed by atoms with van der Waals surface area (Å²) in [5.74, 6) is 0. The van der Waals surface area contributed by atoms with Crippen LogP contribution in [0.15, 0.2) is 0 Å². The smallest absolute Gasteiger partial charge is 0.409 e. The van der Waals surface area contributed by atoms with Crippen molar-refractivity contribution in [3.63, 3.8) is 0 Å². The van der Waals surface area contributed by atoms with Crippen molar-refractivity contribution < 1.29 is 14.3 Å². The van der Waals surface area contributed by atoms with Crippen molar-refractivity contribution >= 4 is 12.1 Å². The number of ether oxygens (including phenoxy) is 1. The van der Waals surface area contributed by atoms with E-state index < -0.39 is 0 Å². The fourth-order valence-corrected chi connectivity index (χ4v) is 3.00. The summed E-state index contributed by atoms with van der Waals surface area (Å²) >= 11 is 0. The number of urea groups is 1. The molecular formula is C15H27N3O3. The molecule has 1 aliphatic heterocycles. The van der Waals surface area contributed by atoms with Crippen LogP contribution in [-0.4, -0.2) is 60.8 Å². The van der Waals surface area contributed by atoms with Crippen LogP contribution in [0, 0.1) is 0 Å². The summed E-state index contributed by atoms with van der Waals surface area (Å²) in [5, 5.41) is 3.15. The number of carbonyl (C=O) groups excluding carboxylic acids is 2. The van der Waals surface area contributed by atoms with E-state index in [9.17, 15) is 9.59 Å². The Morgan fingerprint density at radius 1 is 1.00 bits per heavy atom. The molecule has 0 radical (unpaired) electrons. The van der Waals surface area contributed by atoms with E-state index in [-0.39, 0.29) is 12.1 Å². The molecule has 0 atom stereocenters. The molecule has 0 aromatic carbocycles. The van der Waals surface area contributed by atoms with Crippen molar-refractivity contribution in [2.45, 2.75) is 51.5 Å². The summed E-state index contributed by atoms with van der Waals surface area (Å²) < 4.78 is 4.98. The van der Waals surface area contributed by atoms with Crippen LogP contribution >= 0.6 is 0 Å². The lowest BCUT2D eigenvalue weighted by atomic mass is 10.1. The molecule has 0 unspecified atom stereocenters. The van der Waals surface area contributed by atoms with Crippen LogP contribution in [0.2, 0.25) is 0 Å². The molecule has 2 rings (SSSR count). The second kappa shape index (κ2) is 8.10. The van der Waals surface area contributed by atoms with E-state index in [1.165, 1.54) is 25.7 Å². The molecule has 2 fully saturated rings. The minimum absolute atomic E-state index is 0.0189. The van der Waals surface area contributed by atoms with E-state index in [0.717, 1.165) is 12.8 Å². The molecule has 1 saturated heterocycles. The van der Waals surface area contributed by atoms with Crippen LogP contribution in [0.5, 0.6) is 0 Å². The maximum absolute atomic E-state index is 12.3. The van der Waals surface area contributed by atoms with Gasteiger partial charge in [-0.3, -0.25) is 0 Å². The Morgan fingerprint density at radius 2 is 1.57 bits per heavy atom. The van der Waals surface area contributed by atoms with Gasteiger partial charge in [-0.15, -0.1) is 0 Å². The molecule has 21 heavy (non-hydrogen) atoms. The van der Waals surface area contributed by atoms with E-state index in [0.29, 0.717) is 38.8 Å². The summed E-state index contributed by atoms with van der Waals surface area (Å²) in [6.45, 7) is 4.46. The van der Waals surface area contributed by atoms with Gasteiger partial charge in [0, 0.05) is 32.2 Å². The lowest BCUT2D eigenvalue weighted by molar-refractivity contribution is 0.0847. The van der Waals surface area contributed by atoms with Gasteiger partial charge in [-0.1, -0.05) is 25.7 Å². The average Bonchev–Trinajstić information content (AvgIpc) is 2.76. The zero-order valence-electron chi connectivity index (χ0n) is 13.0. The van der Waals surface area contributed by atoms with Gasteiger partial charge in [-0.05, 0) is 19.8 Å². The Kier molecular flexibility index (Phi) is 6.14. The van der Waals surface area contributed by atoms with Crippen LogP contribution in [0.3, 0.4) is 0 Å². The molecule has 120 valence electrons. The van der Waals surface area contributed by atoms with E-state index >= 15 is 0 Å². The summed E-state index contributed by atoms with van der Waals surface area (Å²) in [6.07, 6.45) is 6.89. The molecule has 1 N–H and O–H groups in total. The lowest BCUT2D eigenvalue weighted by Gasteiger charge is -2.34. The van der Waals surface area contributed by atoms with Crippen LogP contribution in [0.25, 0.3) is 0 Å². The number of rotatable bonds is 2. The normalized spacial score (nSPS) is 20.8. The first-order chi connectivity index (χ1) is 10.2. The number of nitrogens with one attached hydrogen (secondary N) is 1. The van der Waals surface area contributed by atoms with Crippen molar-refractivity contribution in [3.05, 3.63) is 0 Å². The summed E-state index contributed by atoms with van der Waals surface area (Å²) in [7, 11) is 0. The number of piperazine rings is 1. The van der Waals surface area contributed by atoms with Gasteiger partial charge in [0.15, 0.2) is 0 Å². The van der Waals surface area contributed by atoms with Crippen molar-refractivity contribution in [2.75, 3.05) is 32.8 Å². The largest absolute Gasteiger partial charge is 0.450 e. The Balaban J connectivity index is 1.73. The maximum Gasteiger partial charge on any atom is 0.409 e. The predicted octanol–water partition coefficient (Wildman–Crippen LogP) is 2.19. The van der Waals surface area contributed by atoms with Gasteiger partial charge in [0.2, 0.25) is 0 Å². The SMILES string of the molecule is CCOC(=O)N1CCN(C(=O)NC2CCCCCC2)CC1. The van der Waals surface area contributed by atoms with Crippen LogP contribution in [0.4, 0.5) is 9.59 Å². The number of carbonyl (C=O) groups is 2. The molecule has 1 aliphatic carbocycles. The summed E-state index contributed by atoms with van der Waals surface area (Å²) in [4.78, 5) is 27.3. The van der Waals surface area contributed by atoms with E-state index in [2.05, 4.69) is 5.32 Å². The number of hydrogen-bond donors (Lipinski definition) is 1. The first kappa shape index (κ1) is 15.9. The molecule has 0 aromatic rings. The van der Waals surface area contributed by atoms with Crippen molar-refractivity contribution in [2.24, 2.45) is 0 Å². The molecule has 1 saturated carbocycles. The molecular weight excluding hydrogens is 270 g/mol. The van der Waals surface area contributed by atoms with Gasteiger partial charge in [-0.2, -0.15) is 0 Å². The van der Waals surface area contributed by atoms with Gasteiger partial charge in [0.25, 0.3) is 0 Å². The predicted molar refractivity (Wildman–Crippen MR) is 80.2 cm³/mol. The Hall–Kier alpha value is -1.46. The van der Waals surface area contributed by atoms with Crippen LogP contribution in [0.1, 0.15) is 45.4 Å². The third kappa shape index (κ3) is 4.79. The highest BCUT2D eigenvalue weighted by Gasteiger charge is 2.26. The maximum atomic E-state index is 12.3. The standard InChI is InChI=1S/C15H27N3O3/c1-2-21-15(20)18-11-9-17(10-12-18)14(19)16-13-7-5-3-4-6-8-13/h13H,2-12H2,1H3,(H,16,19). The second-order valence-electron chi connectivity index (χ2n) is 5.81. The van der Waals surface area contributed by atoms with Gasteiger partial charge in [0.05, 0.1) is 6.61 Å². The minimum atomic E-state index is -0.277. The topological polar surface area (TPSA) is 61.9 Å². The molecule has 6 heteroatoms. The molecule has 3 amide bonds. The summed E-state index contributed by atoms with van der Waals surface area (Å²) in [5.41, 5.74) is 0. The van der Waals surface area contributed by atoms with Crippen molar-refractivity contribution in [3.8, 4) is 0 Å². The number of hydrogen-bond acceptors (Lipinski definition) is 3. The first-order valence-corrected chi connectivity index (χ1v) is 8.18. The Morgan fingerprint density at radius 3 is 2.14 bits per heavy atom. The van der Waals surface area contributed by atoms with E-state index in [1.54, 1.807) is 16.7 Å². The van der Waals surface area contributed by atoms with Gasteiger partial charge in [-0.25, -0.2) is 9.59 Å². The van der Waals surface area contributed by atoms with Crippen LogP contribution in [-0.2, 0) is 4.74 Å². The third-order valence-electron chi connectivity index (χ3n) is 4.28. The van der Waals surface area contributed by atoms with Gasteiger partial charge >= 0.3 is 12.1 Å². The highest BCUT2D eigenvalue weighted by atomic mass is 16.6. The Bertz CT molecular complexity index is 346. The summed E-state index contributed by atoms with van der Waals surface area (Å²) in [6, 6.07) is 0.341. The van der Waals surface area contributed by atoms with Crippen LogP contribution < -0.4 is 5.32 Å². The average molecular weight is 297 g/mol. The molecule has 0 spiro atoms. The highest BCUT2D eigenvalue weighted by Crippen LogP contribution is 2.17. The highest BCUT2D eigenvalue weighted by molar-refractivity contribution is 5.75. The molecule has 0 bridgehead atoms. The van der Waals surface area contributed by atoms with Crippen molar-refractivity contribution in [1.29, 1.82) is 0 Å². The third-order valence-corrected chi connectivity index (χ3v) is 4.28.